The number of carbonyl (C=O) groups is 1. The number of hydrogen-bond acceptors (Lipinski definition) is 4. The number of allylic oxidation sites excluding steroid dienone is 2. The van der Waals surface area contributed by atoms with Crippen LogP contribution in [0.5, 0.6) is 5.75 Å². The third-order valence-electron chi connectivity index (χ3n) is 2.73. The van der Waals surface area contributed by atoms with Crippen molar-refractivity contribution >= 4 is 5.91 Å². The summed E-state index contributed by atoms with van der Waals surface area (Å²) in [7, 11) is 3.28. The molecule has 0 aliphatic carbocycles. The fraction of sp³-hybridized carbons (Fsp3) is 0.267. The molecule has 0 bridgehead atoms. The molecule has 0 fully saturated rings. The van der Waals surface area contributed by atoms with Crippen molar-refractivity contribution in [2.45, 2.75) is 12.5 Å². The molecule has 1 aromatic carbocycles. The highest BCUT2D eigenvalue weighted by atomic mass is 16.5. The van der Waals surface area contributed by atoms with Crippen molar-refractivity contribution in [3.63, 3.8) is 0 Å². The van der Waals surface area contributed by atoms with Gasteiger partial charge in [-0.05, 0) is 24.1 Å². The number of hydrogen-bond donors (Lipinski definition) is 2. The summed E-state index contributed by atoms with van der Waals surface area (Å²) in [6.45, 7) is 0. The van der Waals surface area contributed by atoms with E-state index in [2.05, 4.69) is 0 Å². The molecule has 1 amide bonds. The van der Waals surface area contributed by atoms with Crippen molar-refractivity contribution in [1.82, 2.24) is 5.48 Å². The van der Waals surface area contributed by atoms with Gasteiger partial charge in [-0.2, -0.15) is 0 Å². The van der Waals surface area contributed by atoms with Gasteiger partial charge >= 0.3 is 0 Å². The second kappa shape index (κ2) is 8.90. The van der Waals surface area contributed by atoms with E-state index in [0.717, 1.165) is 11.3 Å². The molecular weight excluding hydrogens is 258 g/mol. The number of methoxy groups -OCH3 is 2. The molecule has 0 aliphatic heterocycles. The van der Waals surface area contributed by atoms with Gasteiger partial charge in [0.2, 0.25) is 0 Å². The highest BCUT2D eigenvalue weighted by Gasteiger charge is 2.08. The maximum atomic E-state index is 10.7. The van der Waals surface area contributed by atoms with Crippen LogP contribution in [0.1, 0.15) is 18.1 Å². The number of amides is 1. The smallest absolute Gasteiger partial charge is 0.267 e. The Morgan fingerprint density at radius 1 is 1.30 bits per heavy atom. The summed E-state index contributed by atoms with van der Waals surface area (Å²) in [5.41, 5.74) is 2.57. The predicted molar refractivity (Wildman–Crippen MR) is 75.6 cm³/mol. The Morgan fingerprint density at radius 3 is 2.55 bits per heavy atom. The molecule has 5 nitrogen and oxygen atoms in total. The summed E-state index contributed by atoms with van der Waals surface area (Å²) in [5.74, 6) is 0.241. The van der Waals surface area contributed by atoms with E-state index in [1.165, 1.54) is 11.6 Å². The lowest BCUT2D eigenvalue weighted by Gasteiger charge is -2.14. The molecule has 5 heteroatoms. The van der Waals surface area contributed by atoms with Crippen LogP contribution in [0.2, 0.25) is 0 Å². The van der Waals surface area contributed by atoms with Gasteiger partial charge in [-0.25, -0.2) is 5.48 Å². The van der Waals surface area contributed by atoms with E-state index >= 15 is 0 Å². The predicted octanol–water partition coefficient (Wildman–Crippen LogP) is 2.39. The molecule has 108 valence electrons. The zero-order valence-corrected chi connectivity index (χ0v) is 11.6. The van der Waals surface area contributed by atoms with Gasteiger partial charge in [0.1, 0.15) is 5.75 Å². The lowest BCUT2D eigenvalue weighted by molar-refractivity contribution is -0.124. The van der Waals surface area contributed by atoms with Gasteiger partial charge in [0.25, 0.3) is 5.91 Å². The minimum absolute atomic E-state index is 0.0581. The van der Waals surface area contributed by atoms with E-state index in [9.17, 15) is 4.79 Å². The zero-order chi connectivity index (χ0) is 14.8. The molecule has 0 heterocycles. The average molecular weight is 277 g/mol. The number of rotatable bonds is 7. The number of hydroxylamine groups is 1. The van der Waals surface area contributed by atoms with Crippen molar-refractivity contribution < 1.29 is 19.5 Å². The van der Waals surface area contributed by atoms with E-state index < -0.39 is 5.91 Å². The van der Waals surface area contributed by atoms with Gasteiger partial charge in [-0.3, -0.25) is 10.0 Å². The Balaban J connectivity index is 2.56. The van der Waals surface area contributed by atoms with Crippen LogP contribution in [-0.2, 0) is 9.53 Å². The molecule has 0 saturated heterocycles. The van der Waals surface area contributed by atoms with Crippen LogP contribution in [0.25, 0.3) is 0 Å². The SMILES string of the molecule is COc1ccc(C(C/C=C/C=C/C(=O)NO)OC)cc1. The lowest BCUT2D eigenvalue weighted by Crippen LogP contribution is -2.14. The van der Waals surface area contributed by atoms with Crippen LogP contribution < -0.4 is 10.2 Å². The molecule has 1 unspecified atom stereocenters. The number of ether oxygens (including phenoxy) is 2. The Hall–Kier alpha value is -2.11. The first-order valence-corrected chi connectivity index (χ1v) is 6.15. The van der Waals surface area contributed by atoms with Gasteiger partial charge in [0, 0.05) is 13.2 Å². The van der Waals surface area contributed by atoms with Crippen molar-refractivity contribution in [2.75, 3.05) is 14.2 Å². The quantitative estimate of drug-likeness (QED) is 0.347. The Labute approximate surface area is 118 Å². The van der Waals surface area contributed by atoms with E-state index in [1.807, 2.05) is 30.3 Å². The van der Waals surface area contributed by atoms with Crippen molar-refractivity contribution in [3.8, 4) is 5.75 Å². The third-order valence-corrected chi connectivity index (χ3v) is 2.73. The van der Waals surface area contributed by atoms with E-state index in [1.54, 1.807) is 26.4 Å². The molecule has 0 spiro atoms. The van der Waals surface area contributed by atoms with Crippen molar-refractivity contribution in [3.05, 3.63) is 54.1 Å². The van der Waals surface area contributed by atoms with Crippen molar-refractivity contribution in [2.24, 2.45) is 0 Å². The Kier molecular flexibility index (Phi) is 7.10. The highest BCUT2D eigenvalue weighted by molar-refractivity contribution is 5.86. The first-order chi connectivity index (χ1) is 9.71. The summed E-state index contributed by atoms with van der Waals surface area (Å²) in [4.78, 5) is 10.7. The zero-order valence-electron chi connectivity index (χ0n) is 11.6. The molecule has 0 saturated carbocycles. The van der Waals surface area contributed by atoms with Crippen molar-refractivity contribution in [1.29, 1.82) is 0 Å². The van der Waals surface area contributed by atoms with Gasteiger partial charge < -0.3 is 9.47 Å². The molecule has 1 aromatic rings. The fourth-order valence-electron chi connectivity index (χ4n) is 1.65. The Morgan fingerprint density at radius 2 is 2.00 bits per heavy atom. The van der Waals surface area contributed by atoms with Gasteiger partial charge in [-0.1, -0.05) is 30.4 Å². The summed E-state index contributed by atoms with van der Waals surface area (Å²) < 4.78 is 10.5. The maximum Gasteiger partial charge on any atom is 0.267 e. The first kappa shape index (κ1) is 15.9. The second-order valence-corrected chi connectivity index (χ2v) is 4.00. The molecule has 0 aromatic heterocycles. The third kappa shape index (κ3) is 5.26. The van der Waals surface area contributed by atoms with E-state index in [-0.39, 0.29) is 6.10 Å². The van der Waals surface area contributed by atoms with Crippen LogP contribution in [0.4, 0.5) is 0 Å². The molecule has 0 radical (unpaired) electrons. The summed E-state index contributed by atoms with van der Waals surface area (Å²) in [6, 6.07) is 7.68. The number of carbonyl (C=O) groups excluding carboxylic acids is 1. The summed E-state index contributed by atoms with van der Waals surface area (Å²) in [6.07, 6.45) is 7.01. The topological polar surface area (TPSA) is 67.8 Å². The summed E-state index contributed by atoms with van der Waals surface area (Å²) in [5, 5.41) is 8.30. The monoisotopic (exact) mass is 277 g/mol. The molecular formula is C15H19NO4. The van der Waals surface area contributed by atoms with Crippen LogP contribution >= 0.6 is 0 Å². The van der Waals surface area contributed by atoms with Gasteiger partial charge in [-0.15, -0.1) is 0 Å². The van der Waals surface area contributed by atoms with Crippen LogP contribution in [-0.4, -0.2) is 25.3 Å². The summed E-state index contributed by atoms with van der Waals surface area (Å²) >= 11 is 0. The normalized spacial score (nSPS) is 12.8. The molecule has 2 N–H and O–H groups in total. The molecule has 20 heavy (non-hydrogen) atoms. The van der Waals surface area contributed by atoms with Crippen LogP contribution in [0.15, 0.2) is 48.6 Å². The van der Waals surface area contributed by atoms with E-state index in [4.69, 9.17) is 14.7 Å². The van der Waals surface area contributed by atoms with Crippen LogP contribution in [0, 0.1) is 0 Å². The average Bonchev–Trinajstić information content (AvgIpc) is 2.50. The Bertz CT molecular complexity index is 465. The minimum Gasteiger partial charge on any atom is -0.497 e. The van der Waals surface area contributed by atoms with Crippen LogP contribution in [0.3, 0.4) is 0 Å². The number of benzene rings is 1. The highest BCUT2D eigenvalue weighted by Crippen LogP contribution is 2.23. The lowest BCUT2D eigenvalue weighted by atomic mass is 10.1. The maximum absolute atomic E-state index is 10.7. The second-order valence-electron chi connectivity index (χ2n) is 4.00. The van der Waals surface area contributed by atoms with E-state index in [0.29, 0.717) is 6.42 Å². The fourth-order valence-corrected chi connectivity index (χ4v) is 1.65. The minimum atomic E-state index is -0.562. The van der Waals surface area contributed by atoms with Gasteiger partial charge in [0.05, 0.1) is 13.2 Å². The largest absolute Gasteiger partial charge is 0.497 e. The molecule has 0 aliphatic rings. The molecule has 1 rings (SSSR count). The van der Waals surface area contributed by atoms with Gasteiger partial charge in [0.15, 0.2) is 0 Å². The standard InChI is InChI=1S/C15H19NO4/c1-19-13-10-8-12(9-11-13)14(20-2)6-4-3-5-7-15(17)16-18/h3-5,7-11,14,18H,6H2,1-2H3,(H,16,17)/b4-3+,7-5+. The number of nitrogens with one attached hydrogen (secondary N) is 1. The molecule has 1 atom stereocenters. The first-order valence-electron chi connectivity index (χ1n) is 6.15.